The van der Waals surface area contributed by atoms with Crippen molar-refractivity contribution in [2.24, 2.45) is 0 Å². The molecular weight excluding hydrogens is 285 g/mol. The SMILES string of the molecule is O=c1c(Cl)c(N2CCNCC2)cnn1CC(F)(F)F. The van der Waals surface area contributed by atoms with E-state index in [9.17, 15) is 18.0 Å². The number of anilines is 1. The van der Waals surface area contributed by atoms with E-state index in [4.69, 9.17) is 11.6 Å². The standard InChI is InChI=1S/C10H12ClF3N4O/c11-8-7(17-3-1-15-2-4-17)5-16-18(9(8)19)6-10(12,13)14/h5,15H,1-4,6H2. The van der Waals surface area contributed by atoms with Crippen molar-refractivity contribution >= 4 is 17.3 Å². The average Bonchev–Trinajstić information content (AvgIpc) is 2.35. The average molecular weight is 297 g/mol. The number of nitrogens with one attached hydrogen (secondary N) is 1. The molecule has 0 radical (unpaired) electrons. The zero-order chi connectivity index (χ0) is 14.0. The summed E-state index contributed by atoms with van der Waals surface area (Å²) in [7, 11) is 0. The maximum absolute atomic E-state index is 12.2. The van der Waals surface area contributed by atoms with E-state index in [1.807, 2.05) is 4.90 Å². The number of nitrogens with zero attached hydrogens (tertiary/aromatic N) is 3. The predicted molar refractivity (Wildman–Crippen MR) is 64.6 cm³/mol. The van der Waals surface area contributed by atoms with Gasteiger partial charge < -0.3 is 10.2 Å². The monoisotopic (exact) mass is 296 g/mol. The Morgan fingerprint density at radius 2 is 2.00 bits per heavy atom. The quantitative estimate of drug-likeness (QED) is 0.880. The van der Waals surface area contributed by atoms with E-state index in [2.05, 4.69) is 10.4 Å². The second-order valence-corrected chi connectivity index (χ2v) is 4.54. The van der Waals surface area contributed by atoms with E-state index in [1.54, 1.807) is 0 Å². The Hall–Kier alpha value is -1.28. The molecule has 0 saturated carbocycles. The fraction of sp³-hybridized carbons (Fsp3) is 0.600. The zero-order valence-electron chi connectivity index (χ0n) is 9.87. The highest BCUT2D eigenvalue weighted by atomic mass is 35.5. The van der Waals surface area contributed by atoms with Crippen LogP contribution in [0.4, 0.5) is 18.9 Å². The first-order valence-corrected chi connectivity index (χ1v) is 6.04. The fourth-order valence-corrected chi connectivity index (χ4v) is 2.13. The van der Waals surface area contributed by atoms with Crippen molar-refractivity contribution < 1.29 is 13.2 Å². The summed E-state index contributed by atoms with van der Waals surface area (Å²) in [5.41, 5.74) is -0.540. The third kappa shape index (κ3) is 3.38. The molecule has 19 heavy (non-hydrogen) atoms. The molecule has 1 aromatic rings. The molecule has 1 aliphatic heterocycles. The number of alkyl halides is 3. The van der Waals surface area contributed by atoms with Gasteiger partial charge in [-0.05, 0) is 0 Å². The molecule has 1 saturated heterocycles. The molecule has 0 aromatic carbocycles. The first kappa shape index (κ1) is 14.1. The van der Waals surface area contributed by atoms with Crippen LogP contribution in [0.15, 0.2) is 11.0 Å². The number of hydrogen-bond acceptors (Lipinski definition) is 4. The van der Waals surface area contributed by atoms with Gasteiger partial charge >= 0.3 is 6.18 Å². The maximum atomic E-state index is 12.2. The van der Waals surface area contributed by atoms with Gasteiger partial charge in [0.1, 0.15) is 11.6 Å². The molecule has 0 bridgehead atoms. The summed E-state index contributed by atoms with van der Waals surface area (Å²) in [6, 6.07) is 0. The zero-order valence-corrected chi connectivity index (χ0v) is 10.6. The molecule has 0 aliphatic carbocycles. The van der Waals surface area contributed by atoms with E-state index < -0.39 is 18.3 Å². The predicted octanol–water partition coefficient (Wildman–Crippen LogP) is 0.869. The van der Waals surface area contributed by atoms with Crippen LogP contribution in [0.1, 0.15) is 0 Å². The minimum atomic E-state index is -4.50. The lowest BCUT2D eigenvalue weighted by Gasteiger charge is -2.29. The number of piperazine rings is 1. The molecule has 9 heteroatoms. The Morgan fingerprint density at radius 3 is 2.58 bits per heavy atom. The summed E-state index contributed by atoms with van der Waals surface area (Å²) < 4.78 is 37.1. The third-order valence-corrected chi connectivity index (χ3v) is 3.11. The smallest absolute Gasteiger partial charge is 0.366 e. The van der Waals surface area contributed by atoms with E-state index in [0.717, 1.165) is 13.1 Å². The minimum Gasteiger partial charge on any atom is -0.366 e. The van der Waals surface area contributed by atoms with Gasteiger partial charge in [0.15, 0.2) is 0 Å². The Bertz CT molecular complexity index is 510. The van der Waals surface area contributed by atoms with Crippen LogP contribution >= 0.6 is 11.6 Å². The highest BCUT2D eigenvalue weighted by Crippen LogP contribution is 2.22. The van der Waals surface area contributed by atoms with Crippen LogP contribution in [0.25, 0.3) is 0 Å². The van der Waals surface area contributed by atoms with Crippen LogP contribution in [-0.4, -0.2) is 42.1 Å². The van der Waals surface area contributed by atoms with Gasteiger partial charge in [-0.25, -0.2) is 4.68 Å². The molecule has 1 N–H and O–H groups in total. The van der Waals surface area contributed by atoms with Gasteiger partial charge in [-0.15, -0.1) is 0 Å². The molecule has 0 amide bonds. The normalized spacial score (nSPS) is 16.7. The highest BCUT2D eigenvalue weighted by molar-refractivity contribution is 6.33. The minimum absolute atomic E-state index is 0.221. The summed E-state index contributed by atoms with van der Waals surface area (Å²) in [5, 5.41) is 6.44. The summed E-state index contributed by atoms with van der Waals surface area (Å²) in [4.78, 5) is 13.6. The van der Waals surface area contributed by atoms with Crippen LogP contribution in [0.3, 0.4) is 0 Å². The number of aromatic nitrogens is 2. The van der Waals surface area contributed by atoms with Gasteiger partial charge in [0.05, 0.1) is 11.9 Å². The topological polar surface area (TPSA) is 50.2 Å². The van der Waals surface area contributed by atoms with Crippen molar-refractivity contribution in [2.75, 3.05) is 31.1 Å². The molecule has 0 atom stereocenters. The van der Waals surface area contributed by atoms with Crippen molar-refractivity contribution in [1.29, 1.82) is 0 Å². The maximum Gasteiger partial charge on any atom is 0.408 e. The van der Waals surface area contributed by atoms with Gasteiger partial charge in [0, 0.05) is 26.2 Å². The lowest BCUT2D eigenvalue weighted by atomic mass is 10.3. The van der Waals surface area contributed by atoms with Crippen molar-refractivity contribution in [3.8, 4) is 0 Å². The van der Waals surface area contributed by atoms with E-state index in [1.165, 1.54) is 6.20 Å². The van der Waals surface area contributed by atoms with Crippen LogP contribution < -0.4 is 15.8 Å². The molecule has 1 aliphatic rings. The summed E-state index contributed by atoms with van der Waals surface area (Å²) in [6.45, 7) is 1.27. The molecule has 2 heterocycles. The number of hydrogen-bond donors (Lipinski definition) is 1. The second kappa shape index (κ2) is 5.38. The van der Waals surface area contributed by atoms with E-state index in [0.29, 0.717) is 23.5 Å². The first-order chi connectivity index (χ1) is 8.88. The Labute approximate surface area is 112 Å². The van der Waals surface area contributed by atoms with Crippen molar-refractivity contribution in [3.05, 3.63) is 21.6 Å². The third-order valence-electron chi connectivity index (χ3n) is 2.75. The fourth-order valence-electron chi connectivity index (χ4n) is 1.87. The molecule has 0 spiro atoms. The largest absolute Gasteiger partial charge is 0.408 e. The Balaban J connectivity index is 2.29. The van der Waals surface area contributed by atoms with Crippen molar-refractivity contribution in [1.82, 2.24) is 15.1 Å². The van der Waals surface area contributed by atoms with E-state index in [-0.39, 0.29) is 5.02 Å². The molecule has 1 fully saturated rings. The highest BCUT2D eigenvalue weighted by Gasteiger charge is 2.30. The van der Waals surface area contributed by atoms with Crippen LogP contribution in [0.2, 0.25) is 5.02 Å². The molecule has 0 unspecified atom stereocenters. The lowest BCUT2D eigenvalue weighted by molar-refractivity contribution is -0.143. The molecule has 106 valence electrons. The van der Waals surface area contributed by atoms with Crippen molar-refractivity contribution in [3.63, 3.8) is 0 Å². The van der Waals surface area contributed by atoms with Gasteiger partial charge in [-0.3, -0.25) is 4.79 Å². The molecule has 1 aromatic heterocycles. The molecular formula is C10H12ClF3N4O. The Kier molecular flexibility index (Phi) is 4.00. The lowest BCUT2D eigenvalue weighted by Crippen LogP contribution is -2.44. The van der Waals surface area contributed by atoms with Crippen LogP contribution in [0.5, 0.6) is 0 Å². The Morgan fingerprint density at radius 1 is 1.37 bits per heavy atom. The number of rotatable bonds is 2. The van der Waals surface area contributed by atoms with Gasteiger partial charge in [-0.2, -0.15) is 18.3 Å². The van der Waals surface area contributed by atoms with Gasteiger partial charge in [0.25, 0.3) is 5.56 Å². The van der Waals surface area contributed by atoms with Gasteiger partial charge in [-0.1, -0.05) is 11.6 Å². The number of halogens is 4. The summed E-state index contributed by atoms with van der Waals surface area (Å²) >= 11 is 5.86. The first-order valence-electron chi connectivity index (χ1n) is 5.66. The van der Waals surface area contributed by atoms with Crippen LogP contribution in [-0.2, 0) is 6.54 Å². The molecule has 2 rings (SSSR count). The second-order valence-electron chi connectivity index (χ2n) is 4.16. The summed E-state index contributed by atoms with van der Waals surface area (Å²) in [6.07, 6.45) is -3.29. The van der Waals surface area contributed by atoms with Crippen molar-refractivity contribution in [2.45, 2.75) is 12.7 Å². The molecule has 5 nitrogen and oxygen atoms in total. The van der Waals surface area contributed by atoms with Gasteiger partial charge in [0.2, 0.25) is 0 Å². The van der Waals surface area contributed by atoms with Crippen LogP contribution in [0, 0.1) is 0 Å². The summed E-state index contributed by atoms with van der Waals surface area (Å²) in [5.74, 6) is 0. The van der Waals surface area contributed by atoms with E-state index >= 15 is 0 Å².